The maximum atomic E-state index is 13.6. The van der Waals surface area contributed by atoms with Gasteiger partial charge in [0.2, 0.25) is 0 Å². The standard InChI is InChI=1S/C22H15F2NO3/c1-12-20-13(10-25(11-27-20)14-6-7-18(23)19(24)9-14)8-17-15-4-2-3-5-16(15)22(26)28-21(12)17/h2-9H,10-11H2,1H3. The zero-order valence-corrected chi connectivity index (χ0v) is 15.0. The van der Waals surface area contributed by atoms with Gasteiger partial charge in [-0.25, -0.2) is 13.6 Å². The van der Waals surface area contributed by atoms with Crippen molar-refractivity contribution in [2.45, 2.75) is 13.5 Å². The molecular weight excluding hydrogens is 364 g/mol. The van der Waals surface area contributed by atoms with Gasteiger partial charge in [-0.15, -0.1) is 0 Å². The molecule has 6 heteroatoms. The summed E-state index contributed by atoms with van der Waals surface area (Å²) in [4.78, 5) is 14.1. The highest BCUT2D eigenvalue weighted by atomic mass is 19.2. The second-order valence-corrected chi connectivity index (χ2v) is 6.87. The fraction of sp³-hybridized carbons (Fsp3) is 0.136. The third kappa shape index (κ3) is 2.45. The highest BCUT2D eigenvalue weighted by Crippen LogP contribution is 2.38. The first-order valence-corrected chi connectivity index (χ1v) is 8.84. The van der Waals surface area contributed by atoms with Crippen molar-refractivity contribution in [3.8, 4) is 5.75 Å². The van der Waals surface area contributed by atoms with Crippen LogP contribution < -0.4 is 15.3 Å². The monoisotopic (exact) mass is 379 g/mol. The van der Waals surface area contributed by atoms with E-state index in [0.717, 1.165) is 34.0 Å². The van der Waals surface area contributed by atoms with Crippen LogP contribution in [0.2, 0.25) is 0 Å². The van der Waals surface area contributed by atoms with Gasteiger partial charge in [-0.1, -0.05) is 18.2 Å². The summed E-state index contributed by atoms with van der Waals surface area (Å²) in [6.07, 6.45) is 0. The minimum atomic E-state index is -0.897. The summed E-state index contributed by atoms with van der Waals surface area (Å²) < 4.78 is 38.4. The van der Waals surface area contributed by atoms with Crippen LogP contribution in [0.1, 0.15) is 11.1 Å². The third-order valence-corrected chi connectivity index (χ3v) is 5.16. The maximum absolute atomic E-state index is 13.6. The molecule has 5 rings (SSSR count). The molecule has 4 nitrogen and oxygen atoms in total. The smallest absolute Gasteiger partial charge is 0.344 e. The van der Waals surface area contributed by atoms with E-state index in [9.17, 15) is 13.6 Å². The van der Waals surface area contributed by atoms with Gasteiger partial charge < -0.3 is 14.1 Å². The molecule has 0 unspecified atom stereocenters. The predicted octanol–water partition coefficient (Wildman–Crippen LogP) is 4.89. The van der Waals surface area contributed by atoms with E-state index in [1.807, 2.05) is 30.0 Å². The maximum Gasteiger partial charge on any atom is 0.344 e. The zero-order chi connectivity index (χ0) is 19.4. The Kier molecular flexibility index (Phi) is 3.62. The van der Waals surface area contributed by atoms with Crippen molar-refractivity contribution in [2.75, 3.05) is 11.6 Å². The number of halogens is 2. The van der Waals surface area contributed by atoms with Crippen LogP contribution in [-0.2, 0) is 6.54 Å². The lowest BCUT2D eigenvalue weighted by molar-refractivity contribution is 0.287. The largest absolute Gasteiger partial charge is 0.472 e. The molecule has 0 saturated carbocycles. The van der Waals surface area contributed by atoms with E-state index in [2.05, 4.69) is 0 Å². The van der Waals surface area contributed by atoms with E-state index in [4.69, 9.17) is 9.15 Å². The molecule has 0 aliphatic carbocycles. The average molecular weight is 379 g/mol. The van der Waals surface area contributed by atoms with Gasteiger partial charge in [-0.2, -0.15) is 0 Å². The van der Waals surface area contributed by atoms with Crippen molar-refractivity contribution in [1.29, 1.82) is 0 Å². The molecule has 4 aromatic rings. The molecule has 0 saturated heterocycles. The van der Waals surface area contributed by atoms with Crippen LogP contribution in [0.4, 0.5) is 14.5 Å². The Morgan fingerprint density at radius 3 is 2.54 bits per heavy atom. The first-order valence-electron chi connectivity index (χ1n) is 8.84. The lowest BCUT2D eigenvalue weighted by atomic mass is 10.00. The van der Waals surface area contributed by atoms with Gasteiger partial charge in [0, 0.05) is 34.8 Å². The van der Waals surface area contributed by atoms with Crippen LogP contribution in [0.3, 0.4) is 0 Å². The first-order chi connectivity index (χ1) is 13.5. The first kappa shape index (κ1) is 16.7. The number of hydrogen-bond acceptors (Lipinski definition) is 4. The molecule has 0 N–H and O–H groups in total. The molecular formula is C22H15F2NO3. The summed E-state index contributed by atoms with van der Waals surface area (Å²) >= 11 is 0. The molecule has 3 aromatic carbocycles. The number of aryl methyl sites for hydroxylation is 1. The SMILES string of the molecule is Cc1c2c(cc3c1oc(=O)c1ccccc13)CN(c1ccc(F)c(F)c1)CO2. The van der Waals surface area contributed by atoms with E-state index in [-0.39, 0.29) is 12.4 Å². The Morgan fingerprint density at radius 2 is 1.75 bits per heavy atom. The quantitative estimate of drug-likeness (QED) is 0.349. The van der Waals surface area contributed by atoms with Crippen molar-refractivity contribution in [2.24, 2.45) is 0 Å². The highest BCUT2D eigenvalue weighted by molar-refractivity contribution is 6.06. The van der Waals surface area contributed by atoms with E-state index >= 15 is 0 Å². The fourth-order valence-electron chi connectivity index (χ4n) is 3.79. The van der Waals surface area contributed by atoms with Crippen molar-refractivity contribution in [3.05, 3.63) is 81.7 Å². The van der Waals surface area contributed by atoms with Gasteiger partial charge in [0.25, 0.3) is 0 Å². The summed E-state index contributed by atoms with van der Waals surface area (Å²) in [5.74, 6) is -1.12. The van der Waals surface area contributed by atoms with Crippen LogP contribution in [0, 0.1) is 18.6 Å². The lowest BCUT2D eigenvalue weighted by Gasteiger charge is -2.32. The Balaban J connectivity index is 1.68. The van der Waals surface area contributed by atoms with E-state index < -0.39 is 11.6 Å². The van der Waals surface area contributed by atoms with Gasteiger partial charge in [0.1, 0.15) is 11.3 Å². The molecule has 0 radical (unpaired) electrons. The Hall–Kier alpha value is -3.41. The molecule has 0 atom stereocenters. The van der Waals surface area contributed by atoms with E-state index in [0.29, 0.717) is 29.0 Å². The van der Waals surface area contributed by atoms with E-state index in [1.165, 1.54) is 6.07 Å². The van der Waals surface area contributed by atoms with Crippen LogP contribution >= 0.6 is 0 Å². The predicted molar refractivity (Wildman–Crippen MR) is 103 cm³/mol. The Bertz CT molecular complexity index is 1310. The van der Waals surface area contributed by atoms with Gasteiger partial charge >= 0.3 is 5.63 Å². The summed E-state index contributed by atoms with van der Waals surface area (Å²) in [6, 6.07) is 13.0. The Morgan fingerprint density at radius 1 is 0.964 bits per heavy atom. The molecule has 0 fully saturated rings. The number of rotatable bonds is 1. The molecule has 2 heterocycles. The second kappa shape index (κ2) is 6.05. The number of hydrogen-bond donors (Lipinski definition) is 0. The molecule has 140 valence electrons. The molecule has 1 aromatic heterocycles. The van der Waals surface area contributed by atoms with Crippen LogP contribution in [0.5, 0.6) is 5.75 Å². The van der Waals surface area contributed by atoms with Gasteiger partial charge in [0.15, 0.2) is 18.4 Å². The zero-order valence-electron chi connectivity index (χ0n) is 15.0. The van der Waals surface area contributed by atoms with Crippen molar-refractivity contribution in [3.63, 3.8) is 0 Å². The molecule has 28 heavy (non-hydrogen) atoms. The summed E-state index contributed by atoms with van der Waals surface area (Å²) in [6.45, 7) is 2.50. The van der Waals surface area contributed by atoms with Crippen molar-refractivity contribution in [1.82, 2.24) is 0 Å². The molecule has 0 amide bonds. The molecule has 1 aliphatic rings. The third-order valence-electron chi connectivity index (χ3n) is 5.16. The summed E-state index contributed by atoms with van der Waals surface area (Å²) in [7, 11) is 0. The van der Waals surface area contributed by atoms with Crippen LogP contribution in [-0.4, -0.2) is 6.73 Å². The lowest BCUT2D eigenvalue weighted by Crippen LogP contribution is -2.32. The topological polar surface area (TPSA) is 42.7 Å². The number of ether oxygens (including phenoxy) is 1. The minimum Gasteiger partial charge on any atom is -0.472 e. The summed E-state index contributed by atoms with van der Waals surface area (Å²) in [5.41, 5.74) is 2.29. The Labute approximate surface area is 158 Å². The van der Waals surface area contributed by atoms with Crippen LogP contribution in [0.25, 0.3) is 21.7 Å². The van der Waals surface area contributed by atoms with Crippen molar-refractivity contribution < 1.29 is 17.9 Å². The van der Waals surface area contributed by atoms with Crippen LogP contribution in [0.15, 0.2) is 57.7 Å². The number of benzene rings is 3. The average Bonchev–Trinajstić information content (AvgIpc) is 2.71. The fourth-order valence-corrected chi connectivity index (χ4v) is 3.79. The summed E-state index contributed by atoms with van der Waals surface area (Å²) in [5, 5.41) is 2.15. The number of nitrogens with zero attached hydrogens (tertiary/aromatic N) is 1. The normalized spacial score (nSPS) is 13.6. The van der Waals surface area contributed by atoms with Gasteiger partial charge in [-0.3, -0.25) is 0 Å². The van der Waals surface area contributed by atoms with Gasteiger partial charge in [-0.05, 0) is 36.6 Å². The highest BCUT2D eigenvalue weighted by Gasteiger charge is 2.24. The second-order valence-electron chi connectivity index (χ2n) is 6.87. The molecule has 0 bridgehead atoms. The number of fused-ring (bicyclic) bond motifs is 4. The molecule has 0 spiro atoms. The van der Waals surface area contributed by atoms with E-state index in [1.54, 1.807) is 12.1 Å². The molecule has 1 aliphatic heterocycles. The van der Waals surface area contributed by atoms with Crippen molar-refractivity contribution >= 4 is 27.4 Å². The van der Waals surface area contributed by atoms with Gasteiger partial charge in [0.05, 0.1) is 5.39 Å². The number of anilines is 1. The minimum absolute atomic E-state index is 0.183.